The van der Waals surface area contributed by atoms with E-state index in [9.17, 15) is 22.8 Å². The van der Waals surface area contributed by atoms with E-state index in [4.69, 9.17) is 9.15 Å². The summed E-state index contributed by atoms with van der Waals surface area (Å²) in [4.78, 5) is 24.1. The van der Waals surface area contributed by atoms with Crippen molar-refractivity contribution in [1.29, 1.82) is 0 Å². The first-order chi connectivity index (χ1) is 13.6. The molecule has 0 saturated heterocycles. The molecule has 152 valence electrons. The van der Waals surface area contributed by atoms with Crippen LogP contribution in [-0.4, -0.2) is 17.0 Å². The molecule has 5 nitrogen and oxygen atoms in total. The zero-order chi connectivity index (χ0) is 20.9. The van der Waals surface area contributed by atoms with E-state index in [1.165, 1.54) is 18.2 Å². The van der Waals surface area contributed by atoms with Crippen molar-refractivity contribution in [1.82, 2.24) is 4.57 Å². The van der Waals surface area contributed by atoms with Crippen LogP contribution < -0.4 is 10.4 Å². The zero-order valence-corrected chi connectivity index (χ0v) is 15.8. The Morgan fingerprint density at radius 2 is 1.93 bits per heavy atom. The van der Waals surface area contributed by atoms with Crippen LogP contribution in [-0.2, 0) is 6.18 Å². The highest BCUT2D eigenvalue weighted by Gasteiger charge is 2.34. The predicted molar refractivity (Wildman–Crippen MR) is 99.5 cm³/mol. The normalized spacial score (nSPS) is 14.4. The molecule has 1 aliphatic carbocycles. The van der Waals surface area contributed by atoms with Gasteiger partial charge in [0.15, 0.2) is 6.61 Å². The Labute approximate surface area is 163 Å². The Kier molecular flexibility index (Phi) is 4.52. The number of alkyl halides is 3. The number of Topliss-reactive ketones (excluding diaryl/α,β-unsaturated/α-hetero) is 1. The Balaban J connectivity index is 1.57. The molecule has 1 saturated carbocycles. The fraction of sp³-hybridized carbons (Fsp3) is 0.333. The van der Waals surface area contributed by atoms with Gasteiger partial charge in [-0.2, -0.15) is 13.2 Å². The monoisotopic (exact) mass is 405 g/mol. The highest BCUT2D eigenvalue weighted by molar-refractivity contribution is 5.98. The molecule has 1 aromatic carbocycles. The molecule has 0 atom stereocenters. The molecule has 0 amide bonds. The maximum atomic E-state index is 13.1. The summed E-state index contributed by atoms with van der Waals surface area (Å²) >= 11 is 0. The minimum atomic E-state index is -4.68. The van der Waals surface area contributed by atoms with Gasteiger partial charge in [0.25, 0.3) is 0 Å². The number of carbonyl (C=O) groups is 1. The largest absolute Gasteiger partial charge is 0.485 e. The Hall–Kier alpha value is -3.03. The number of nitrogens with zero attached hydrogens (tertiary/aromatic N) is 1. The summed E-state index contributed by atoms with van der Waals surface area (Å²) in [6.45, 7) is 3.57. The molecule has 0 bridgehead atoms. The zero-order valence-electron chi connectivity index (χ0n) is 15.8. The van der Waals surface area contributed by atoms with Gasteiger partial charge in [-0.1, -0.05) is 0 Å². The van der Waals surface area contributed by atoms with Crippen LogP contribution in [0.15, 0.2) is 39.5 Å². The van der Waals surface area contributed by atoms with Gasteiger partial charge in [0.1, 0.15) is 11.3 Å². The number of carbonyl (C=O) groups excluding carboxylic acids is 1. The van der Waals surface area contributed by atoms with Gasteiger partial charge in [0, 0.05) is 40.5 Å². The van der Waals surface area contributed by atoms with Crippen molar-refractivity contribution < 1.29 is 27.1 Å². The number of hydrogen-bond donors (Lipinski definition) is 0. The van der Waals surface area contributed by atoms with Gasteiger partial charge in [0.05, 0.1) is 5.56 Å². The molecule has 0 N–H and O–H groups in total. The number of benzene rings is 1. The quantitative estimate of drug-likeness (QED) is 0.451. The lowest BCUT2D eigenvalue weighted by Crippen LogP contribution is -2.13. The first kappa shape index (κ1) is 19.3. The van der Waals surface area contributed by atoms with E-state index >= 15 is 0 Å². The van der Waals surface area contributed by atoms with E-state index in [-0.39, 0.29) is 29.1 Å². The standard InChI is InChI=1S/C21H18F3NO4/c1-11-7-16(12(2)25(11)13-3-4-13)18(26)10-28-14-5-6-15-17(21(22,23)24)9-20(27)29-19(15)8-14/h5-9,13H,3-4,10H2,1-2H3. The topological polar surface area (TPSA) is 61.4 Å². The summed E-state index contributed by atoms with van der Waals surface area (Å²) in [5, 5.41) is -0.247. The van der Waals surface area contributed by atoms with E-state index < -0.39 is 17.4 Å². The summed E-state index contributed by atoms with van der Waals surface area (Å²) in [7, 11) is 0. The second-order valence-corrected chi connectivity index (χ2v) is 7.23. The second-order valence-electron chi connectivity index (χ2n) is 7.23. The molecule has 1 aliphatic rings. The van der Waals surface area contributed by atoms with Gasteiger partial charge in [-0.15, -0.1) is 0 Å². The number of aromatic nitrogens is 1. The lowest BCUT2D eigenvalue weighted by atomic mass is 10.1. The average Bonchev–Trinajstić information content (AvgIpc) is 3.42. The molecule has 4 rings (SSSR count). The molecule has 0 spiro atoms. The van der Waals surface area contributed by atoms with Crippen LogP contribution in [0.3, 0.4) is 0 Å². The van der Waals surface area contributed by atoms with Gasteiger partial charge < -0.3 is 13.7 Å². The van der Waals surface area contributed by atoms with Crippen LogP contribution in [0.1, 0.15) is 46.2 Å². The minimum absolute atomic E-state index is 0.143. The number of hydrogen-bond acceptors (Lipinski definition) is 4. The highest BCUT2D eigenvalue weighted by atomic mass is 19.4. The smallest absolute Gasteiger partial charge is 0.417 e. The molecule has 8 heteroatoms. The van der Waals surface area contributed by atoms with Crippen molar-refractivity contribution in [2.75, 3.05) is 6.61 Å². The molecule has 2 aromatic heterocycles. The SMILES string of the molecule is Cc1cc(C(=O)COc2ccc3c(C(F)(F)F)cc(=O)oc3c2)c(C)n1C1CC1. The predicted octanol–water partition coefficient (Wildman–Crippen LogP) is 4.83. The number of ether oxygens (including phenoxy) is 1. The lowest BCUT2D eigenvalue weighted by molar-refractivity contribution is -0.136. The molecule has 0 radical (unpaired) electrons. The third-order valence-corrected chi connectivity index (χ3v) is 5.09. The molecule has 3 aromatic rings. The maximum absolute atomic E-state index is 13.1. The highest BCUT2D eigenvalue weighted by Crippen LogP contribution is 2.38. The van der Waals surface area contributed by atoms with E-state index in [2.05, 4.69) is 4.57 Å². The van der Waals surface area contributed by atoms with Crippen molar-refractivity contribution in [2.45, 2.75) is 38.9 Å². The second kappa shape index (κ2) is 6.79. The molecular weight excluding hydrogens is 387 g/mol. The molecule has 29 heavy (non-hydrogen) atoms. The first-order valence-electron chi connectivity index (χ1n) is 9.14. The van der Waals surface area contributed by atoms with Crippen LogP contribution in [0.25, 0.3) is 11.0 Å². The van der Waals surface area contributed by atoms with Crippen molar-refractivity contribution in [3.8, 4) is 5.75 Å². The van der Waals surface area contributed by atoms with Crippen LogP contribution in [0.4, 0.5) is 13.2 Å². The van der Waals surface area contributed by atoms with E-state index in [1.807, 2.05) is 19.9 Å². The third kappa shape index (κ3) is 3.66. The Bertz CT molecular complexity index is 1170. The van der Waals surface area contributed by atoms with E-state index in [0.717, 1.165) is 24.2 Å². The summed E-state index contributed by atoms with van der Waals surface area (Å²) in [5.74, 6) is -0.0834. The number of ketones is 1. The van der Waals surface area contributed by atoms with Gasteiger partial charge in [-0.3, -0.25) is 4.79 Å². The minimum Gasteiger partial charge on any atom is -0.485 e. The molecular formula is C21H18F3NO4. The molecule has 1 fully saturated rings. The van der Waals surface area contributed by atoms with Crippen molar-refractivity contribution in [3.05, 3.63) is 63.3 Å². The average molecular weight is 405 g/mol. The third-order valence-electron chi connectivity index (χ3n) is 5.09. The lowest BCUT2D eigenvalue weighted by Gasteiger charge is -2.11. The van der Waals surface area contributed by atoms with Crippen LogP contribution in [0.2, 0.25) is 0 Å². The summed E-state index contributed by atoms with van der Waals surface area (Å²) in [6, 6.07) is 6.37. The van der Waals surface area contributed by atoms with Gasteiger partial charge in [-0.25, -0.2) is 4.79 Å². The van der Waals surface area contributed by atoms with Gasteiger partial charge in [-0.05, 0) is 44.9 Å². The number of aryl methyl sites for hydroxylation is 1. The van der Waals surface area contributed by atoms with Gasteiger partial charge in [0.2, 0.25) is 5.78 Å². The number of fused-ring (bicyclic) bond motifs is 1. The molecule has 2 heterocycles. The summed E-state index contributed by atoms with van der Waals surface area (Å²) in [6.07, 6.45) is -2.48. The Morgan fingerprint density at radius 1 is 1.21 bits per heavy atom. The summed E-state index contributed by atoms with van der Waals surface area (Å²) in [5.41, 5.74) is 0.0469. The van der Waals surface area contributed by atoms with Crippen LogP contribution >= 0.6 is 0 Å². The van der Waals surface area contributed by atoms with Gasteiger partial charge >= 0.3 is 11.8 Å². The van der Waals surface area contributed by atoms with E-state index in [0.29, 0.717) is 17.7 Å². The van der Waals surface area contributed by atoms with Crippen molar-refractivity contribution >= 4 is 16.8 Å². The fourth-order valence-corrected chi connectivity index (χ4v) is 3.65. The summed E-state index contributed by atoms with van der Waals surface area (Å²) < 4.78 is 51.8. The Morgan fingerprint density at radius 3 is 2.59 bits per heavy atom. The first-order valence-corrected chi connectivity index (χ1v) is 9.14. The number of halogens is 3. The van der Waals surface area contributed by atoms with Crippen LogP contribution in [0.5, 0.6) is 5.75 Å². The van der Waals surface area contributed by atoms with Crippen LogP contribution in [0, 0.1) is 13.8 Å². The van der Waals surface area contributed by atoms with Crippen molar-refractivity contribution in [2.24, 2.45) is 0 Å². The molecule has 0 aliphatic heterocycles. The fourth-order valence-electron chi connectivity index (χ4n) is 3.65. The van der Waals surface area contributed by atoms with E-state index in [1.54, 1.807) is 0 Å². The van der Waals surface area contributed by atoms with Crippen molar-refractivity contribution in [3.63, 3.8) is 0 Å². The number of rotatable bonds is 5. The maximum Gasteiger partial charge on any atom is 0.417 e. The molecule has 0 unspecified atom stereocenters.